The molecule has 0 aliphatic carbocycles. The largest absolute Gasteiger partial charge is 0.352 e. The molecule has 0 aliphatic heterocycles. The fraction of sp³-hybridized carbons (Fsp3) is 0.125. The zero-order chi connectivity index (χ0) is 23.4. The normalized spacial score (nSPS) is 10.7. The average Bonchev–Trinajstić information content (AvgIpc) is 2.82. The summed E-state index contributed by atoms with van der Waals surface area (Å²) in [7, 11) is 0. The van der Waals surface area contributed by atoms with Gasteiger partial charge in [0.1, 0.15) is 5.82 Å². The third-order valence-electron chi connectivity index (χ3n) is 5.07. The lowest BCUT2D eigenvalue weighted by molar-refractivity contribution is 0.0940. The van der Waals surface area contributed by atoms with Crippen molar-refractivity contribution < 1.29 is 9.18 Å². The van der Waals surface area contributed by atoms with Gasteiger partial charge in [-0.25, -0.2) is 9.18 Å². The number of aromatic nitrogens is 4. The summed E-state index contributed by atoms with van der Waals surface area (Å²) in [4.78, 5) is 43.3. The van der Waals surface area contributed by atoms with Crippen LogP contribution < -0.4 is 16.6 Å². The van der Waals surface area contributed by atoms with Crippen molar-refractivity contribution in [3.05, 3.63) is 122 Å². The van der Waals surface area contributed by atoms with Gasteiger partial charge in [0.15, 0.2) is 0 Å². The zero-order valence-corrected chi connectivity index (χ0v) is 17.7. The number of amides is 1. The second-order valence-corrected chi connectivity index (χ2v) is 7.34. The monoisotopic (exact) mass is 445 g/mol. The van der Waals surface area contributed by atoms with Crippen molar-refractivity contribution in [3.63, 3.8) is 0 Å². The summed E-state index contributed by atoms with van der Waals surface area (Å²) in [5.74, 6) is -1.35. The molecule has 1 amide bonds. The molecule has 1 N–H and O–H groups in total. The predicted octanol–water partition coefficient (Wildman–Crippen LogP) is 2.22. The van der Waals surface area contributed by atoms with Gasteiger partial charge in [0, 0.05) is 6.20 Å². The van der Waals surface area contributed by atoms with Crippen LogP contribution in [0.15, 0.2) is 82.5 Å². The van der Waals surface area contributed by atoms with Gasteiger partial charge < -0.3 is 5.32 Å². The molecule has 2 aromatic carbocycles. The highest BCUT2D eigenvalue weighted by Crippen LogP contribution is 2.09. The van der Waals surface area contributed by atoms with Gasteiger partial charge in [-0.3, -0.25) is 19.1 Å². The number of benzene rings is 2. The molecule has 4 aromatic rings. The van der Waals surface area contributed by atoms with Crippen molar-refractivity contribution in [3.8, 4) is 5.69 Å². The van der Waals surface area contributed by atoms with E-state index in [0.717, 1.165) is 26.4 Å². The molecule has 0 aliphatic rings. The molecule has 2 aromatic heterocycles. The molecule has 0 saturated carbocycles. The van der Waals surface area contributed by atoms with Crippen LogP contribution in [0.5, 0.6) is 0 Å². The van der Waals surface area contributed by atoms with E-state index < -0.39 is 28.7 Å². The van der Waals surface area contributed by atoms with Crippen molar-refractivity contribution in [1.29, 1.82) is 0 Å². The van der Waals surface area contributed by atoms with E-state index in [2.05, 4.69) is 15.4 Å². The first-order chi connectivity index (χ1) is 15.9. The van der Waals surface area contributed by atoms with Gasteiger partial charge in [0.05, 0.1) is 24.5 Å². The number of carbonyl (C=O) groups excluding carboxylic acids is 1. The lowest BCUT2D eigenvalue weighted by atomic mass is 10.1. The lowest BCUT2D eigenvalue weighted by Gasteiger charge is -2.13. The number of halogens is 1. The van der Waals surface area contributed by atoms with E-state index in [-0.39, 0.29) is 18.8 Å². The van der Waals surface area contributed by atoms with Gasteiger partial charge >= 0.3 is 5.69 Å². The number of nitrogens with zero attached hydrogens (tertiary/aromatic N) is 4. The van der Waals surface area contributed by atoms with Gasteiger partial charge in [-0.1, -0.05) is 36.4 Å². The first kappa shape index (κ1) is 21.8. The van der Waals surface area contributed by atoms with Crippen LogP contribution in [0.2, 0.25) is 0 Å². The van der Waals surface area contributed by atoms with E-state index >= 15 is 0 Å². The van der Waals surface area contributed by atoms with Crippen LogP contribution in [0, 0.1) is 12.7 Å². The molecule has 0 bridgehead atoms. The molecule has 33 heavy (non-hydrogen) atoms. The summed E-state index contributed by atoms with van der Waals surface area (Å²) in [6.45, 7) is 1.85. The second kappa shape index (κ2) is 9.39. The third kappa shape index (κ3) is 4.77. The molecule has 2 heterocycles. The molecule has 0 saturated heterocycles. The number of hydrogen-bond donors (Lipinski definition) is 1. The Kier molecular flexibility index (Phi) is 6.21. The average molecular weight is 445 g/mol. The molecule has 0 unspecified atom stereocenters. The molecule has 0 atom stereocenters. The summed E-state index contributed by atoms with van der Waals surface area (Å²) < 4.78 is 15.6. The van der Waals surface area contributed by atoms with Crippen molar-refractivity contribution in [1.82, 2.24) is 24.6 Å². The maximum Gasteiger partial charge on any atom is 0.352 e. The minimum absolute atomic E-state index is 0.0668. The van der Waals surface area contributed by atoms with Gasteiger partial charge in [-0.15, -0.1) is 0 Å². The molecule has 0 spiro atoms. The Labute approximate surface area is 188 Å². The van der Waals surface area contributed by atoms with Crippen molar-refractivity contribution in [2.24, 2.45) is 0 Å². The number of nitrogens with one attached hydrogen (secondary N) is 1. The zero-order valence-electron chi connectivity index (χ0n) is 17.7. The minimum atomic E-state index is -0.838. The number of carbonyl (C=O) groups is 1. The van der Waals surface area contributed by atoms with Gasteiger partial charge in [-0.05, 0) is 48.4 Å². The fourth-order valence-electron chi connectivity index (χ4n) is 3.29. The van der Waals surface area contributed by atoms with E-state index in [1.54, 1.807) is 36.5 Å². The molecular weight excluding hydrogens is 425 g/mol. The Bertz CT molecular complexity index is 1430. The molecule has 4 rings (SSSR count). The van der Waals surface area contributed by atoms with Gasteiger partial charge in [-0.2, -0.15) is 9.78 Å². The molecule has 8 nitrogen and oxygen atoms in total. The standard InChI is InChI=1S/C24H20FN5O3/c1-16-7-2-3-8-17(16)15-29-23(32)21(22(31)27-14-19-10-4-5-12-26-19)28-30(24(29)33)20-11-6-9-18(25)13-20/h2-13H,14-15H2,1H3,(H,27,31). The fourth-order valence-corrected chi connectivity index (χ4v) is 3.29. The molecular formula is C24H20FN5O3. The molecule has 0 fully saturated rings. The molecule has 0 radical (unpaired) electrons. The summed E-state index contributed by atoms with van der Waals surface area (Å²) in [6.07, 6.45) is 1.58. The highest BCUT2D eigenvalue weighted by molar-refractivity contribution is 5.91. The third-order valence-corrected chi connectivity index (χ3v) is 5.07. The van der Waals surface area contributed by atoms with Crippen LogP contribution in [0.4, 0.5) is 4.39 Å². The van der Waals surface area contributed by atoms with E-state index in [4.69, 9.17) is 0 Å². The summed E-state index contributed by atoms with van der Waals surface area (Å²) in [5.41, 5.74) is 0.183. The topological polar surface area (TPSA) is 98.9 Å². The molecule has 9 heteroatoms. The van der Waals surface area contributed by atoms with E-state index in [1.807, 2.05) is 19.1 Å². The minimum Gasteiger partial charge on any atom is -0.345 e. The Morgan fingerprint density at radius 1 is 1.03 bits per heavy atom. The maximum absolute atomic E-state index is 13.8. The number of aryl methyl sites for hydroxylation is 1. The number of pyridine rings is 1. The van der Waals surface area contributed by atoms with Crippen LogP contribution in [0.3, 0.4) is 0 Å². The van der Waals surface area contributed by atoms with Crippen LogP contribution >= 0.6 is 0 Å². The highest BCUT2D eigenvalue weighted by atomic mass is 19.1. The number of hydrogen-bond acceptors (Lipinski definition) is 5. The van der Waals surface area contributed by atoms with Crippen LogP contribution in [-0.4, -0.2) is 25.2 Å². The van der Waals surface area contributed by atoms with Gasteiger partial charge in [0.2, 0.25) is 5.69 Å². The summed E-state index contributed by atoms with van der Waals surface area (Å²) >= 11 is 0. The van der Waals surface area contributed by atoms with E-state index in [9.17, 15) is 18.8 Å². The predicted molar refractivity (Wildman–Crippen MR) is 120 cm³/mol. The van der Waals surface area contributed by atoms with Crippen LogP contribution in [0.25, 0.3) is 5.69 Å². The van der Waals surface area contributed by atoms with Crippen molar-refractivity contribution in [2.45, 2.75) is 20.0 Å². The SMILES string of the molecule is Cc1ccccc1Cn1c(=O)c(C(=O)NCc2ccccn2)nn(-c2cccc(F)c2)c1=O. The summed E-state index contributed by atoms with van der Waals surface area (Å²) in [6, 6.07) is 17.7. The Morgan fingerprint density at radius 2 is 1.82 bits per heavy atom. The Hall–Kier alpha value is -4.40. The molecule has 166 valence electrons. The van der Waals surface area contributed by atoms with Crippen molar-refractivity contribution in [2.75, 3.05) is 0 Å². The van der Waals surface area contributed by atoms with Crippen LogP contribution in [0.1, 0.15) is 27.3 Å². The first-order valence-corrected chi connectivity index (χ1v) is 10.2. The lowest BCUT2D eigenvalue weighted by Crippen LogP contribution is -2.46. The maximum atomic E-state index is 13.8. The van der Waals surface area contributed by atoms with Crippen molar-refractivity contribution >= 4 is 5.91 Å². The van der Waals surface area contributed by atoms with E-state index in [1.165, 1.54) is 18.2 Å². The van der Waals surface area contributed by atoms with Gasteiger partial charge in [0.25, 0.3) is 11.5 Å². The van der Waals surface area contributed by atoms with E-state index in [0.29, 0.717) is 5.69 Å². The quantitative estimate of drug-likeness (QED) is 0.491. The number of rotatable bonds is 6. The smallest absolute Gasteiger partial charge is 0.345 e. The Morgan fingerprint density at radius 3 is 2.55 bits per heavy atom. The highest BCUT2D eigenvalue weighted by Gasteiger charge is 2.21. The first-order valence-electron chi connectivity index (χ1n) is 10.2. The second-order valence-electron chi connectivity index (χ2n) is 7.34. The summed E-state index contributed by atoms with van der Waals surface area (Å²) in [5, 5.41) is 6.59. The Balaban J connectivity index is 1.80. The van der Waals surface area contributed by atoms with Crippen LogP contribution in [-0.2, 0) is 13.1 Å².